The van der Waals surface area contributed by atoms with Crippen molar-refractivity contribution in [3.63, 3.8) is 0 Å². The molecule has 1 aliphatic carbocycles. The zero-order chi connectivity index (χ0) is 22.6. The molecular weight excluding hydrogens is 413 g/mol. The van der Waals surface area contributed by atoms with Gasteiger partial charge in [-0.3, -0.25) is 10.00 Å². The van der Waals surface area contributed by atoms with Crippen molar-refractivity contribution in [2.24, 2.45) is 13.0 Å². The van der Waals surface area contributed by atoms with Gasteiger partial charge in [0.15, 0.2) is 5.82 Å². The van der Waals surface area contributed by atoms with Gasteiger partial charge >= 0.3 is 12.2 Å². The summed E-state index contributed by atoms with van der Waals surface area (Å²) in [5.74, 6) is 0.386. The van der Waals surface area contributed by atoms with Crippen molar-refractivity contribution in [2.75, 3.05) is 12.4 Å². The molecule has 168 valence electrons. The van der Waals surface area contributed by atoms with E-state index in [1.807, 2.05) is 6.92 Å². The van der Waals surface area contributed by atoms with Crippen molar-refractivity contribution < 1.29 is 22.7 Å². The Kier molecular flexibility index (Phi) is 5.19. The second-order valence-corrected chi connectivity index (χ2v) is 8.54. The number of carbonyl (C=O) groups is 1. The van der Waals surface area contributed by atoms with Gasteiger partial charge in [-0.2, -0.15) is 18.3 Å². The van der Waals surface area contributed by atoms with Crippen LogP contribution in [0.3, 0.4) is 0 Å². The fraction of sp³-hybridized carbons (Fsp3) is 0.600. The van der Waals surface area contributed by atoms with Crippen LogP contribution >= 0.6 is 0 Å². The second kappa shape index (κ2) is 7.47. The Morgan fingerprint density at radius 2 is 2.10 bits per heavy atom. The third-order valence-electron chi connectivity index (χ3n) is 6.42. The predicted molar refractivity (Wildman–Crippen MR) is 106 cm³/mol. The van der Waals surface area contributed by atoms with Gasteiger partial charge in [0.2, 0.25) is 0 Å². The second-order valence-electron chi connectivity index (χ2n) is 8.54. The Hall–Kier alpha value is -2.69. The smallest absolute Gasteiger partial charge is 0.379 e. The van der Waals surface area contributed by atoms with E-state index >= 15 is 0 Å². The van der Waals surface area contributed by atoms with Crippen LogP contribution in [0.4, 0.5) is 23.8 Å². The van der Waals surface area contributed by atoms with Gasteiger partial charge in [0.25, 0.3) is 0 Å². The number of likely N-dealkylation sites (tertiary alicyclic amines) is 1. The zero-order valence-corrected chi connectivity index (χ0v) is 17.8. The van der Waals surface area contributed by atoms with Gasteiger partial charge in [-0.1, -0.05) is 6.92 Å². The minimum absolute atomic E-state index is 0.0127. The number of rotatable bonds is 4. The van der Waals surface area contributed by atoms with Gasteiger partial charge in [-0.25, -0.2) is 14.8 Å². The standard InChI is InChI=1S/C20H25F3N6O2/c1-11-5-13-8-19(7-11,12(2)31-4)29(13)18(30)26-16-6-14(17-25-10-28(3)27-17)15(9-24-16)20(21,22)23/h6,9-13H,5,7-8H2,1-4H3,(H,24,26,30)/t11?,12?,13-,19?/m1/s1. The van der Waals surface area contributed by atoms with Crippen molar-refractivity contribution in [3.8, 4) is 11.4 Å². The molecule has 1 saturated heterocycles. The number of methoxy groups -OCH3 is 1. The van der Waals surface area contributed by atoms with Crippen LogP contribution in [0.2, 0.25) is 0 Å². The highest BCUT2D eigenvalue weighted by Gasteiger charge is 2.61. The molecule has 0 spiro atoms. The number of ether oxygens (including phenoxy) is 1. The summed E-state index contributed by atoms with van der Waals surface area (Å²) >= 11 is 0. The van der Waals surface area contributed by atoms with Crippen LogP contribution in [-0.2, 0) is 18.0 Å². The number of pyridine rings is 1. The average Bonchev–Trinajstić information content (AvgIpc) is 3.11. The first-order valence-electron chi connectivity index (χ1n) is 10.1. The first kappa shape index (κ1) is 21.5. The molecule has 4 rings (SSSR count). The van der Waals surface area contributed by atoms with Crippen molar-refractivity contribution in [1.29, 1.82) is 0 Å². The van der Waals surface area contributed by atoms with E-state index in [4.69, 9.17) is 4.74 Å². The molecule has 1 aliphatic heterocycles. The van der Waals surface area contributed by atoms with Crippen LogP contribution in [0.25, 0.3) is 11.4 Å². The van der Waals surface area contributed by atoms with Crippen LogP contribution < -0.4 is 5.32 Å². The number of amides is 2. The maximum absolute atomic E-state index is 13.5. The lowest BCUT2D eigenvalue weighted by Crippen LogP contribution is -2.76. The summed E-state index contributed by atoms with van der Waals surface area (Å²) in [5, 5.41) is 6.65. The molecule has 8 nitrogen and oxygen atoms in total. The topological polar surface area (TPSA) is 85.2 Å². The Bertz CT molecular complexity index is 994. The molecule has 11 heteroatoms. The van der Waals surface area contributed by atoms with E-state index in [1.165, 1.54) is 17.1 Å². The largest absolute Gasteiger partial charge is 0.418 e. The molecule has 0 aromatic carbocycles. The summed E-state index contributed by atoms with van der Waals surface area (Å²) in [4.78, 5) is 22.7. The molecule has 1 N–H and O–H groups in total. The van der Waals surface area contributed by atoms with Gasteiger partial charge in [0, 0.05) is 32.0 Å². The first-order valence-corrected chi connectivity index (χ1v) is 10.1. The minimum Gasteiger partial charge on any atom is -0.379 e. The highest BCUT2D eigenvalue weighted by Crippen LogP contribution is 2.52. The number of nitrogens with zero attached hydrogens (tertiary/aromatic N) is 5. The lowest BCUT2D eigenvalue weighted by atomic mass is 9.62. The van der Waals surface area contributed by atoms with Crippen LogP contribution in [-0.4, -0.2) is 55.5 Å². The van der Waals surface area contributed by atoms with Gasteiger partial charge in [-0.15, -0.1) is 0 Å². The van der Waals surface area contributed by atoms with Crippen LogP contribution in [0.1, 0.15) is 38.7 Å². The van der Waals surface area contributed by atoms with E-state index in [1.54, 1.807) is 19.1 Å². The molecule has 2 amide bonds. The van der Waals surface area contributed by atoms with E-state index in [0.717, 1.165) is 19.3 Å². The molecule has 2 aromatic rings. The average molecular weight is 438 g/mol. The summed E-state index contributed by atoms with van der Waals surface area (Å²) in [7, 11) is 3.18. The SMILES string of the molecule is COC(C)C12CC(C)C[C@H](C1)N2C(=O)Nc1cc(-c2ncn(C)n2)c(C(F)(F)F)cn1. The highest BCUT2D eigenvalue weighted by atomic mass is 19.4. The molecule has 1 saturated carbocycles. The van der Waals surface area contributed by atoms with Crippen molar-refractivity contribution in [2.45, 2.75) is 57.0 Å². The molecule has 2 aliphatic rings. The molecule has 2 bridgehead atoms. The zero-order valence-electron chi connectivity index (χ0n) is 17.8. The van der Waals surface area contributed by atoms with Crippen LogP contribution in [0.5, 0.6) is 0 Å². The third-order valence-corrected chi connectivity index (χ3v) is 6.42. The van der Waals surface area contributed by atoms with Gasteiger partial charge in [-0.05, 0) is 38.2 Å². The van der Waals surface area contributed by atoms with E-state index in [-0.39, 0.29) is 35.4 Å². The van der Waals surface area contributed by atoms with Gasteiger partial charge in [0.05, 0.1) is 17.2 Å². The van der Waals surface area contributed by atoms with Crippen LogP contribution in [0.15, 0.2) is 18.6 Å². The Morgan fingerprint density at radius 3 is 2.71 bits per heavy atom. The molecule has 31 heavy (non-hydrogen) atoms. The summed E-state index contributed by atoms with van der Waals surface area (Å²) in [6.45, 7) is 4.10. The Balaban J connectivity index is 1.63. The van der Waals surface area contributed by atoms with E-state index in [0.29, 0.717) is 12.1 Å². The number of alkyl halides is 3. The van der Waals surface area contributed by atoms with Crippen molar-refractivity contribution in [3.05, 3.63) is 24.2 Å². The number of anilines is 1. The number of aryl methyl sites for hydroxylation is 1. The Labute approximate surface area is 177 Å². The van der Waals surface area contributed by atoms with Crippen LogP contribution in [0, 0.1) is 5.92 Å². The number of hydrogen-bond acceptors (Lipinski definition) is 5. The van der Waals surface area contributed by atoms with E-state index in [2.05, 4.69) is 27.3 Å². The summed E-state index contributed by atoms with van der Waals surface area (Å²) in [6, 6.07) is 0.854. The quantitative estimate of drug-likeness (QED) is 0.787. The van der Waals surface area contributed by atoms with E-state index in [9.17, 15) is 18.0 Å². The fourth-order valence-corrected chi connectivity index (χ4v) is 5.05. The first-order chi connectivity index (χ1) is 14.5. The molecule has 2 fully saturated rings. The van der Waals surface area contributed by atoms with Crippen molar-refractivity contribution in [1.82, 2.24) is 24.6 Å². The molecule has 0 radical (unpaired) electrons. The molecule has 2 aromatic heterocycles. The van der Waals surface area contributed by atoms with Crippen molar-refractivity contribution >= 4 is 11.8 Å². The lowest BCUT2D eigenvalue weighted by molar-refractivity contribution is -0.155. The maximum atomic E-state index is 13.5. The lowest BCUT2D eigenvalue weighted by Gasteiger charge is -2.65. The number of fused-ring (bicyclic) bond motifs is 2. The number of hydrogen-bond donors (Lipinski definition) is 1. The predicted octanol–water partition coefficient (Wildman–Crippen LogP) is 3.71. The van der Waals surface area contributed by atoms with Gasteiger partial charge < -0.3 is 9.64 Å². The molecule has 3 heterocycles. The number of carbonyl (C=O) groups excluding carboxylic acids is 1. The normalized spacial score (nSPS) is 26.4. The third kappa shape index (κ3) is 3.64. The number of piperidine rings is 1. The number of aromatic nitrogens is 4. The molecular formula is C20H25F3N6O2. The summed E-state index contributed by atoms with van der Waals surface area (Å²) < 4.78 is 47.3. The number of urea groups is 1. The summed E-state index contributed by atoms with van der Waals surface area (Å²) in [5.41, 5.74) is -1.62. The molecule has 4 atom stereocenters. The van der Waals surface area contributed by atoms with E-state index < -0.39 is 17.3 Å². The monoisotopic (exact) mass is 438 g/mol. The Morgan fingerprint density at radius 1 is 1.35 bits per heavy atom. The number of nitrogens with one attached hydrogen (secondary N) is 1. The summed E-state index contributed by atoms with van der Waals surface area (Å²) in [6.07, 6.45) is -0.230. The molecule has 3 unspecified atom stereocenters. The number of halogens is 3. The minimum atomic E-state index is -4.63. The highest BCUT2D eigenvalue weighted by molar-refractivity contribution is 5.91. The van der Waals surface area contributed by atoms with Gasteiger partial charge in [0.1, 0.15) is 12.1 Å². The maximum Gasteiger partial charge on any atom is 0.418 e. The fourth-order valence-electron chi connectivity index (χ4n) is 5.05.